The number of rotatable bonds is 3. The fourth-order valence-electron chi connectivity index (χ4n) is 3.70. The number of anilines is 1. The van der Waals surface area contributed by atoms with Gasteiger partial charge in [-0.05, 0) is 37.1 Å². The Balaban J connectivity index is 1.60. The predicted octanol–water partition coefficient (Wildman–Crippen LogP) is 2.24. The number of hydrogen-bond donors (Lipinski definition) is 0. The minimum atomic E-state index is -0.331. The number of carbonyl (C=O) groups excluding carboxylic acids is 1. The fraction of sp³-hybridized carbons (Fsp3) is 0.389. The Labute approximate surface area is 140 Å². The van der Waals surface area contributed by atoms with Crippen LogP contribution in [0.15, 0.2) is 42.7 Å². The molecule has 5 heterocycles. The number of halogens is 1. The van der Waals surface area contributed by atoms with Gasteiger partial charge in [0, 0.05) is 31.5 Å². The Hall–Kier alpha value is -2.50. The highest BCUT2D eigenvalue weighted by atomic mass is 19.1. The van der Waals surface area contributed by atoms with Gasteiger partial charge in [-0.1, -0.05) is 6.07 Å². The van der Waals surface area contributed by atoms with Crippen molar-refractivity contribution >= 4 is 11.7 Å². The molecule has 3 saturated heterocycles. The third-order valence-electron chi connectivity index (χ3n) is 4.89. The van der Waals surface area contributed by atoms with E-state index in [0.717, 1.165) is 18.5 Å². The largest absolute Gasteiger partial charge is 0.351 e. The molecule has 0 spiro atoms. The molecule has 24 heavy (non-hydrogen) atoms. The monoisotopic (exact) mass is 326 g/mol. The van der Waals surface area contributed by atoms with Crippen molar-refractivity contribution in [3.8, 4) is 0 Å². The highest BCUT2D eigenvalue weighted by Gasteiger charge is 2.41. The number of hydrogen-bond acceptors (Lipinski definition) is 4. The molecule has 5 rings (SSSR count). The third kappa shape index (κ3) is 2.72. The zero-order valence-electron chi connectivity index (χ0n) is 13.3. The van der Waals surface area contributed by atoms with E-state index in [1.54, 1.807) is 18.5 Å². The molecule has 2 aromatic heterocycles. The quantitative estimate of drug-likeness (QED) is 0.868. The van der Waals surface area contributed by atoms with Gasteiger partial charge < -0.3 is 9.80 Å². The molecule has 0 N–H and O–H groups in total. The van der Waals surface area contributed by atoms with Crippen molar-refractivity contribution < 1.29 is 9.18 Å². The SMILES string of the molecule is O=C1[C@H]2CC[C@H](CN(c3ncccc3F)C2)N1Cc1ccccn1. The Morgan fingerprint density at radius 2 is 1.96 bits per heavy atom. The number of nitrogens with zero attached hydrogens (tertiary/aromatic N) is 4. The molecule has 0 radical (unpaired) electrons. The first kappa shape index (κ1) is 15.1. The lowest BCUT2D eigenvalue weighted by molar-refractivity contribution is -0.140. The van der Waals surface area contributed by atoms with Crippen molar-refractivity contribution in [1.29, 1.82) is 0 Å². The van der Waals surface area contributed by atoms with E-state index in [1.807, 2.05) is 28.0 Å². The maximum atomic E-state index is 14.1. The lowest BCUT2D eigenvalue weighted by atomic mass is 9.94. The summed E-state index contributed by atoms with van der Waals surface area (Å²) in [6.45, 7) is 1.66. The van der Waals surface area contributed by atoms with Crippen LogP contribution in [0.5, 0.6) is 0 Å². The summed E-state index contributed by atoms with van der Waals surface area (Å²) >= 11 is 0. The molecule has 124 valence electrons. The first-order valence-electron chi connectivity index (χ1n) is 8.28. The fourth-order valence-corrected chi connectivity index (χ4v) is 3.70. The van der Waals surface area contributed by atoms with Crippen molar-refractivity contribution in [3.05, 3.63) is 54.2 Å². The summed E-state index contributed by atoms with van der Waals surface area (Å²) in [7, 11) is 0. The first-order valence-corrected chi connectivity index (χ1v) is 8.28. The molecule has 3 aliphatic rings. The van der Waals surface area contributed by atoms with Crippen molar-refractivity contribution in [2.24, 2.45) is 5.92 Å². The van der Waals surface area contributed by atoms with Gasteiger partial charge in [-0.25, -0.2) is 9.37 Å². The number of carbonyl (C=O) groups is 1. The van der Waals surface area contributed by atoms with E-state index in [-0.39, 0.29) is 23.7 Å². The number of piperidine rings is 1. The lowest BCUT2D eigenvalue weighted by Crippen LogP contribution is -2.47. The predicted molar refractivity (Wildman–Crippen MR) is 87.7 cm³/mol. The van der Waals surface area contributed by atoms with Crippen LogP contribution in [0.1, 0.15) is 18.5 Å². The van der Waals surface area contributed by atoms with Crippen LogP contribution in [-0.4, -0.2) is 39.9 Å². The maximum absolute atomic E-state index is 14.1. The van der Waals surface area contributed by atoms with Gasteiger partial charge in [0.2, 0.25) is 5.91 Å². The van der Waals surface area contributed by atoms with Crippen LogP contribution in [0, 0.1) is 11.7 Å². The van der Waals surface area contributed by atoms with E-state index in [2.05, 4.69) is 9.97 Å². The molecule has 6 heteroatoms. The minimum absolute atomic E-state index is 0.0691. The topological polar surface area (TPSA) is 49.3 Å². The molecule has 0 aliphatic carbocycles. The van der Waals surface area contributed by atoms with Gasteiger partial charge in [0.05, 0.1) is 18.2 Å². The number of pyridine rings is 2. The standard InChI is InChI=1S/C18H19FN4O/c19-16-5-3-9-21-17(16)22-10-13-6-7-15(12-22)23(18(13)24)11-14-4-1-2-8-20-14/h1-5,8-9,13,15H,6-7,10-12H2/t13-,15+/m0/s1. The molecule has 0 unspecified atom stereocenters. The van der Waals surface area contributed by atoms with E-state index in [9.17, 15) is 9.18 Å². The maximum Gasteiger partial charge on any atom is 0.228 e. The van der Waals surface area contributed by atoms with Crippen LogP contribution in [0.4, 0.5) is 10.2 Å². The van der Waals surface area contributed by atoms with Gasteiger partial charge in [0.1, 0.15) is 0 Å². The molecule has 2 bridgehead atoms. The van der Waals surface area contributed by atoms with Crippen molar-refractivity contribution in [3.63, 3.8) is 0 Å². The highest BCUT2D eigenvalue weighted by Crippen LogP contribution is 2.32. The molecular formula is C18H19FN4O. The van der Waals surface area contributed by atoms with Crippen molar-refractivity contribution in [1.82, 2.24) is 14.9 Å². The summed E-state index contributed by atoms with van der Waals surface area (Å²) in [5.74, 6) is 0.0639. The third-order valence-corrected chi connectivity index (χ3v) is 4.89. The molecular weight excluding hydrogens is 307 g/mol. The number of aromatic nitrogens is 2. The van der Waals surface area contributed by atoms with E-state index >= 15 is 0 Å². The smallest absolute Gasteiger partial charge is 0.228 e. The van der Waals surface area contributed by atoms with Crippen molar-refractivity contribution in [2.75, 3.05) is 18.0 Å². The Bertz CT molecular complexity index is 739. The summed E-state index contributed by atoms with van der Waals surface area (Å²) in [6, 6.07) is 8.80. The van der Waals surface area contributed by atoms with Crippen molar-refractivity contribution in [2.45, 2.75) is 25.4 Å². The summed E-state index contributed by atoms with van der Waals surface area (Å²) in [5.41, 5.74) is 0.883. The minimum Gasteiger partial charge on any atom is -0.351 e. The summed E-state index contributed by atoms with van der Waals surface area (Å²) in [4.78, 5) is 25.2. The molecule has 2 atom stereocenters. The molecule has 2 aromatic rings. The second kappa shape index (κ2) is 6.19. The van der Waals surface area contributed by atoms with Gasteiger partial charge in [0.15, 0.2) is 11.6 Å². The van der Waals surface area contributed by atoms with E-state index < -0.39 is 0 Å². The van der Waals surface area contributed by atoms with Crippen LogP contribution in [0.2, 0.25) is 0 Å². The highest BCUT2D eigenvalue weighted by molar-refractivity contribution is 5.81. The van der Waals surface area contributed by atoms with Gasteiger partial charge in [-0.3, -0.25) is 9.78 Å². The zero-order valence-corrected chi connectivity index (χ0v) is 13.3. The van der Waals surface area contributed by atoms with Crippen LogP contribution in [-0.2, 0) is 11.3 Å². The molecule has 5 nitrogen and oxygen atoms in total. The lowest BCUT2D eigenvalue weighted by Gasteiger charge is -2.35. The Morgan fingerprint density at radius 1 is 1.08 bits per heavy atom. The number of amides is 1. The van der Waals surface area contributed by atoms with Gasteiger partial charge >= 0.3 is 0 Å². The molecule has 0 saturated carbocycles. The normalized spacial score (nSPS) is 23.5. The first-order chi connectivity index (χ1) is 11.7. The number of fused-ring (bicyclic) bond motifs is 4. The average molecular weight is 326 g/mol. The Kier molecular flexibility index (Phi) is 3.88. The summed E-state index contributed by atoms with van der Waals surface area (Å²) in [5, 5.41) is 0. The van der Waals surface area contributed by atoms with Crippen LogP contribution >= 0.6 is 0 Å². The van der Waals surface area contributed by atoms with E-state index in [4.69, 9.17) is 0 Å². The second-order valence-electron chi connectivity index (χ2n) is 6.43. The molecule has 0 aromatic carbocycles. The second-order valence-corrected chi connectivity index (χ2v) is 6.43. The van der Waals surface area contributed by atoms with Crippen LogP contribution < -0.4 is 4.90 Å². The molecule has 3 aliphatic heterocycles. The molecule has 3 fully saturated rings. The van der Waals surface area contributed by atoms with E-state index in [1.165, 1.54) is 6.07 Å². The molecule has 1 amide bonds. The summed E-state index contributed by atoms with van der Waals surface area (Å²) < 4.78 is 14.1. The van der Waals surface area contributed by atoms with Crippen LogP contribution in [0.3, 0.4) is 0 Å². The van der Waals surface area contributed by atoms with Crippen LogP contribution in [0.25, 0.3) is 0 Å². The van der Waals surface area contributed by atoms with Gasteiger partial charge in [0.25, 0.3) is 0 Å². The average Bonchev–Trinajstić information content (AvgIpc) is 2.89. The van der Waals surface area contributed by atoms with E-state index in [0.29, 0.717) is 25.5 Å². The zero-order chi connectivity index (χ0) is 16.5. The van der Waals surface area contributed by atoms with Gasteiger partial charge in [-0.2, -0.15) is 0 Å². The van der Waals surface area contributed by atoms with Gasteiger partial charge in [-0.15, -0.1) is 0 Å². The Morgan fingerprint density at radius 3 is 2.75 bits per heavy atom. The summed E-state index contributed by atoms with van der Waals surface area (Å²) in [6.07, 6.45) is 5.13.